The number of nitrogens with zero attached hydrogens (tertiary/aromatic N) is 2. The summed E-state index contributed by atoms with van der Waals surface area (Å²) in [5.41, 5.74) is 3.27. The van der Waals surface area contributed by atoms with Gasteiger partial charge in [-0.2, -0.15) is 0 Å². The SMILES string of the molecule is CCOC(=O)c1sc(N2CCCC2C(=O)Nc2ccc(CCNCC(O)c3cccc(Cl)c3)cc2)nc1C. The fraction of sp³-hybridized carbons (Fsp3) is 0.393. The molecule has 38 heavy (non-hydrogen) atoms. The first-order valence-electron chi connectivity index (χ1n) is 12.8. The fourth-order valence-corrected chi connectivity index (χ4v) is 5.68. The predicted octanol–water partition coefficient (Wildman–Crippen LogP) is 4.75. The van der Waals surface area contributed by atoms with E-state index in [2.05, 4.69) is 15.6 Å². The molecule has 3 aromatic rings. The molecule has 10 heteroatoms. The van der Waals surface area contributed by atoms with Crippen LogP contribution in [0.3, 0.4) is 0 Å². The van der Waals surface area contributed by atoms with Gasteiger partial charge in [-0.3, -0.25) is 4.79 Å². The van der Waals surface area contributed by atoms with Crippen LogP contribution in [-0.2, 0) is 16.0 Å². The number of ether oxygens (including phenoxy) is 1. The van der Waals surface area contributed by atoms with E-state index in [1.807, 2.05) is 41.3 Å². The minimum absolute atomic E-state index is 0.0857. The maximum Gasteiger partial charge on any atom is 0.350 e. The number of thiazole rings is 1. The number of rotatable bonds is 11. The molecule has 3 N–H and O–H groups in total. The number of hydrogen-bond acceptors (Lipinski definition) is 8. The van der Waals surface area contributed by atoms with Crippen LogP contribution < -0.4 is 15.5 Å². The van der Waals surface area contributed by atoms with Crippen molar-refractivity contribution < 1.29 is 19.4 Å². The number of aromatic nitrogens is 1. The molecule has 2 aromatic carbocycles. The molecule has 202 valence electrons. The average molecular weight is 557 g/mol. The molecule has 4 rings (SSSR count). The summed E-state index contributed by atoms with van der Waals surface area (Å²) in [4.78, 5) is 32.3. The second kappa shape index (κ2) is 13.2. The van der Waals surface area contributed by atoms with Crippen molar-refractivity contribution in [2.24, 2.45) is 0 Å². The standard InChI is InChI=1S/C28H33ClN4O4S/c1-3-37-27(36)25-18(2)31-28(38-25)33-15-5-8-23(33)26(35)32-22-11-9-19(10-12-22)13-14-30-17-24(34)20-6-4-7-21(29)16-20/h4,6-7,9-12,16,23-24,30,34H,3,5,8,13-15,17H2,1-2H3,(H,32,35). The number of nitrogens with one attached hydrogen (secondary N) is 2. The molecule has 0 saturated carbocycles. The normalized spacial score (nSPS) is 15.9. The highest BCUT2D eigenvalue weighted by molar-refractivity contribution is 7.17. The van der Waals surface area contributed by atoms with Crippen LogP contribution in [0.1, 0.15) is 52.4 Å². The Labute approximate surface area is 232 Å². The number of carbonyl (C=O) groups excluding carboxylic acids is 2. The summed E-state index contributed by atoms with van der Waals surface area (Å²) in [6.07, 6.45) is 1.78. The van der Waals surface area contributed by atoms with Gasteiger partial charge in [-0.05, 0) is 75.0 Å². The first-order chi connectivity index (χ1) is 18.4. The molecule has 0 radical (unpaired) electrons. The third kappa shape index (κ3) is 7.11. The Morgan fingerprint density at radius 3 is 2.79 bits per heavy atom. The van der Waals surface area contributed by atoms with Gasteiger partial charge in [-0.25, -0.2) is 9.78 Å². The van der Waals surface area contributed by atoms with E-state index >= 15 is 0 Å². The molecule has 2 atom stereocenters. The van der Waals surface area contributed by atoms with Crippen molar-refractivity contribution in [1.82, 2.24) is 10.3 Å². The highest BCUT2D eigenvalue weighted by atomic mass is 35.5. The number of halogens is 1. The highest BCUT2D eigenvalue weighted by Gasteiger charge is 2.33. The maximum atomic E-state index is 13.1. The van der Waals surface area contributed by atoms with Gasteiger partial charge in [0.2, 0.25) is 5.91 Å². The van der Waals surface area contributed by atoms with E-state index in [9.17, 15) is 14.7 Å². The summed E-state index contributed by atoms with van der Waals surface area (Å²) in [6.45, 7) is 5.73. The van der Waals surface area contributed by atoms with Gasteiger partial charge in [-0.1, -0.05) is 47.2 Å². The van der Waals surface area contributed by atoms with Crippen LogP contribution in [0.5, 0.6) is 0 Å². The molecule has 2 heterocycles. The van der Waals surface area contributed by atoms with Gasteiger partial charge in [0.25, 0.3) is 0 Å². The third-order valence-corrected chi connectivity index (χ3v) is 7.84. The van der Waals surface area contributed by atoms with Gasteiger partial charge in [0.1, 0.15) is 10.9 Å². The molecule has 8 nitrogen and oxygen atoms in total. The largest absolute Gasteiger partial charge is 0.462 e. The number of carbonyl (C=O) groups is 2. The van der Waals surface area contributed by atoms with Crippen LogP contribution in [0.4, 0.5) is 10.8 Å². The summed E-state index contributed by atoms with van der Waals surface area (Å²) in [7, 11) is 0. The van der Waals surface area contributed by atoms with Crippen molar-refractivity contribution in [2.75, 3.05) is 36.5 Å². The minimum atomic E-state index is -0.619. The monoisotopic (exact) mass is 556 g/mol. The van der Waals surface area contributed by atoms with E-state index in [1.165, 1.54) is 11.3 Å². The van der Waals surface area contributed by atoms with E-state index < -0.39 is 6.10 Å². The van der Waals surface area contributed by atoms with Crippen LogP contribution in [0.15, 0.2) is 48.5 Å². The lowest BCUT2D eigenvalue weighted by Crippen LogP contribution is -2.39. The number of aliphatic hydroxyl groups excluding tert-OH is 1. The Kier molecular flexibility index (Phi) is 9.74. The van der Waals surface area contributed by atoms with Crippen molar-refractivity contribution in [3.05, 3.63) is 75.3 Å². The lowest BCUT2D eigenvalue weighted by atomic mass is 10.1. The van der Waals surface area contributed by atoms with Gasteiger partial charge in [0.05, 0.1) is 18.4 Å². The Hall–Kier alpha value is -2.98. The lowest BCUT2D eigenvalue weighted by Gasteiger charge is -2.23. The Balaban J connectivity index is 1.27. The number of amides is 1. The molecule has 2 unspecified atom stereocenters. The maximum absolute atomic E-state index is 13.1. The Morgan fingerprint density at radius 1 is 1.26 bits per heavy atom. The van der Waals surface area contributed by atoms with E-state index in [1.54, 1.807) is 26.0 Å². The first-order valence-corrected chi connectivity index (χ1v) is 14.0. The highest BCUT2D eigenvalue weighted by Crippen LogP contribution is 2.32. The minimum Gasteiger partial charge on any atom is -0.462 e. The molecule has 1 amide bonds. The van der Waals surface area contributed by atoms with E-state index in [-0.39, 0.29) is 17.9 Å². The molecule has 0 bridgehead atoms. The average Bonchev–Trinajstić information content (AvgIpc) is 3.54. The van der Waals surface area contributed by atoms with Crippen LogP contribution in [0, 0.1) is 6.92 Å². The van der Waals surface area contributed by atoms with Crippen molar-refractivity contribution in [3.8, 4) is 0 Å². The Bertz CT molecular complexity index is 1250. The zero-order valence-corrected chi connectivity index (χ0v) is 23.1. The number of esters is 1. The first kappa shape index (κ1) is 28.0. The number of anilines is 2. The van der Waals surface area contributed by atoms with Gasteiger partial charge in [-0.15, -0.1) is 0 Å². The number of aryl methyl sites for hydroxylation is 1. The number of benzene rings is 2. The summed E-state index contributed by atoms with van der Waals surface area (Å²) in [5.74, 6) is -0.459. The smallest absolute Gasteiger partial charge is 0.350 e. The van der Waals surface area contributed by atoms with Crippen molar-refractivity contribution >= 4 is 45.6 Å². The summed E-state index contributed by atoms with van der Waals surface area (Å²) in [6, 6.07) is 14.7. The molecule has 1 aliphatic heterocycles. The zero-order chi connectivity index (χ0) is 27.1. The topological polar surface area (TPSA) is 104 Å². The molecule has 0 spiro atoms. The third-order valence-electron chi connectivity index (χ3n) is 6.43. The van der Waals surface area contributed by atoms with Gasteiger partial charge in [0.15, 0.2) is 5.13 Å². The molecular weight excluding hydrogens is 524 g/mol. The second-order valence-electron chi connectivity index (χ2n) is 9.19. The van der Waals surface area contributed by atoms with Crippen molar-refractivity contribution in [1.29, 1.82) is 0 Å². The quantitative estimate of drug-likeness (QED) is 0.231. The molecule has 0 aliphatic carbocycles. The molecular formula is C28H33ClN4O4S. The summed E-state index contributed by atoms with van der Waals surface area (Å²) >= 11 is 7.27. The van der Waals surface area contributed by atoms with Gasteiger partial charge >= 0.3 is 5.97 Å². The van der Waals surface area contributed by atoms with Crippen molar-refractivity contribution in [3.63, 3.8) is 0 Å². The Morgan fingerprint density at radius 2 is 2.05 bits per heavy atom. The summed E-state index contributed by atoms with van der Waals surface area (Å²) < 4.78 is 5.13. The number of hydrogen-bond donors (Lipinski definition) is 3. The van der Waals surface area contributed by atoms with Crippen molar-refractivity contribution in [2.45, 2.75) is 45.3 Å². The molecule has 1 saturated heterocycles. The lowest BCUT2D eigenvalue weighted by molar-refractivity contribution is -0.117. The van der Waals surface area contributed by atoms with Crippen LogP contribution in [-0.4, -0.2) is 54.2 Å². The van der Waals surface area contributed by atoms with Gasteiger partial charge in [0, 0.05) is 23.8 Å². The second-order valence-corrected chi connectivity index (χ2v) is 10.6. The van der Waals surface area contributed by atoms with Crippen LogP contribution in [0.2, 0.25) is 5.02 Å². The zero-order valence-electron chi connectivity index (χ0n) is 21.6. The van der Waals surface area contributed by atoms with E-state index in [4.69, 9.17) is 16.3 Å². The van der Waals surface area contributed by atoms with E-state index in [0.29, 0.717) is 47.0 Å². The van der Waals surface area contributed by atoms with Crippen LogP contribution in [0.25, 0.3) is 0 Å². The fourth-order valence-electron chi connectivity index (χ4n) is 4.44. The molecule has 1 aliphatic rings. The predicted molar refractivity (Wildman–Crippen MR) is 151 cm³/mol. The molecule has 1 fully saturated rings. The summed E-state index contributed by atoms with van der Waals surface area (Å²) in [5, 5.41) is 17.9. The number of aliphatic hydroxyl groups is 1. The van der Waals surface area contributed by atoms with E-state index in [0.717, 1.165) is 36.1 Å². The van der Waals surface area contributed by atoms with Crippen LogP contribution >= 0.6 is 22.9 Å². The molecule has 1 aromatic heterocycles. The van der Waals surface area contributed by atoms with Gasteiger partial charge < -0.3 is 25.4 Å².